The lowest BCUT2D eigenvalue weighted by molar-refractivity contribution is -0.0401. The molecule has 0 amide bonds. The molecule has 1 aliphatic rings. The first kappa shape index (κ1) is 22.3. The SMILES string of the molecule is CCOC(=O)c1[nH]c(C)c(C)c1OCC(O)CN1CCC(O)(c2ccccn2)CC1. The molecule has 0 saturated carbocycles. The van der Waals surface area contributed by atoms with E-state index in [1.165, 1.54) is 0 Å². The van der Waals surface area contributed by atoms with Gasteiger partial charge in [-0.15, -0.1) is 0 Å². The van der Waals surface area contributed by atoms with Gasteiger partial charge in [0.15, 0.2) is 11.4 Å². The van der Waals surface area contributed by atoms with Crippen LogP contribution in [-0.4, -0.2) is 70.0 Å². The highest BCUT2D eigenvalue weighted by molar-refractivity contribution is 5.91. The van der Waals surface area contributed by atoms with Crippen LogP contribution in [0.3, 0.4) is 0 Å². The first-order valence-electron chi connectivity index (χ1n) is 10.4. The van der Waals surface area contributed by atoms with Crippen LogP contribution >= 0.6 is 0 Å². The number of aliphatic hydroxyl groups is 2. The van der Waals surface area contributed by atoms with Gasteiger partial charge in [-0.3, -0.25) is 4.98 Å². The minimum Gasteiger partial charge on any atom is -0.488 e. The Kier molecular flexibility index (Phi) is 7.12. The van der Waals surface area contributed by atoms with E-state index < -0.39 is 17.7 Å². The number of aromatic amines is 1. The molecule has 0 spiro atoms. The maximum Gasteiger partial charge on any atom is 0.358 e. The number of nitrogens with zero attached hydrogens (tertiary/aromatic N) is 2. The maximum atomic E-state index is 12.1. The fraction of sp³-hybridized carbons (Fsp3) is 0.545. The Morgan fingerprint density at radius 3 is 2.70 bits per heavy atom. The van der Waals surface area contributed by atoms with Crippen molar-refractivity contribution in [1.82, 2.24) is 14.9 Å². The quantitative estimate of drug-likeness (QED) is 0.563. The predicted molar refractivity (Wildman–Crippen MR) is 112 cm³/mol. The molecule has 0 aromatic carbocycles. The molecule has 1 saturated heterocycles. The van der Waals surface area contributed by atoms with Gasteiger partial charge in [-0.2, -0.15) is 0 Å². The molecular weight excluding hydrogens is 386 g/mol. The molecule has 1 atom stereocenters. The van der Waals surface area contributed by atoms with E-state index in [1.54, 1.807) is 13.1 Å². The lowest BCUT2D eigenvalue weighted by Crippen LogP contribution is -2.46. The normalized spacial score (nSPS) is 17.5. The van der Waals surface area contributed by atoms with Crippen LogP contribution in [0.15, 0.2) is 24.4 Å². The second-order valence-corrected chi connectivity index (χ2v) is 7.81. The van der Waals surface area contributed by atoms with Crippen LogP contribution in [0.2, 0.25) is 0 Å². The molecule has 8 heteroatoms. The second-order valence-electron chi connectivity index (χ2n) is 7.81. The number of esters is 1. The van der Waals surface area contributed by atoms with Gasteiger partial charge in [0.1, 0.15) is 18.3 Å². The van der Waals surface area contributed by atoms with Gasteiger partial charge in [-0.25, -0.2) is 4.79 Å². The number of aryl methyl sites for hydroxylation is 1. The molecule has 0 radical (unpaired) electrons. The smallest absolute Gasteiger partial charge is 0.358 e. The Hall–Kier alpha value is -2.42. The third-order valence-electron chi connectivity index (χ3n) is 5.64. The predicted octanol–water partition coefficient (Wildman–Crippen LogP) is 1.93. The molecule has 2 aromatic heterocycles. The van der Waals surface area contributed by atoms with E-state index >= 15 is 0 Å². The number of rotatable bonds is 8. The Bertz CT molecular complexity index is 844. The number of hydrogen-bond donors (Lipinski definition) is 3. The number of aromatic nitrogens is 2. The summed E-state index contributed by atoms with van der Waals surface area (Å²) in [4.78, 5) is 21.5. The standard InChI is InChI=1S/C22H31N3O5/c1-4-29-21(27)19-20(15(2)16(3)24-19)30-14-17(26)13-25-11-8-22(28,9-12-25)18-7-5-6-10-23-18/h5-7,10,17,24,26,28H,4,8-9,11-14H2,1-3H3. The molecular formula is C22H31N3O5. The molecule has 3 N–H and O–H groups in total. The van der Waals surface area contributed by atoms with Crippen molar-refractivity contribution in [2.75, 3.05) is 32.8 Å². The summed E-state index contributed by atoms with van der Waals surface area (Å²) in [5.41, 5.74) is 1.69. The number of hydrogen-bond acceptors (Lipinski definition) is 7. The van der Waals surface area contributed by atoms with Crippen molar-refractivity contribution >= 4 is 5.97 Å². The second kappa shape index (κ2) is 9.59. The number of β-amino-alcohol motifs (C(OH)–C–C–N with tert-alkyl or cyclic N) is 1. The number of ether oxygens (including phenoxy) is 2. The summed E-state index contributed by atoms with van der Waals surface area (Å²) < 4.78 is 10.9. The topological polar surface area (TPSA) is 108 Å². The van der Waals surface area contributed by atoms with Gasteiger partial charge < -0.3 is 29.6 Å². The van der Waals surface area contributed by atoms with E-state index in [1.807, 2.05) is 32.0 Å². The molecule has 30 heavy (non-hydrogen) atoms. The minimum atomic E-state index is -0.923. The van der Waals surface area contributed by atoms with Gasteiger partial charge in [-0.05, 0) is 45.7 Å². The zero-order valence-corrected chi connectivity index (χ0v) is 17.9. The first-order chi connectivity index (χ1) is 14.3. The van der Waals surface area contributed by atoms with E-state index in [9.17, 15) is 15.0 Å². The highest BCUT2D eigenvalue weighted by Gasteiger charge is 2.35. The number of carbonyl (C=O) groups is 1. The Morgan fingerprint density at radius 1 is 1.33 bits per heavy atom. The number of carbonyl (C=O) groups excluding carboxylic acids is 1. The average Bonchev–Trinajstić information content (AvgIpc) is 3.03. The van der Waals surface area contributed by atoms with Crippen molar-refractivity contribution in [3.8, 4) is 5.75 Å². The van der Waals surface area contributed by atoms with Crippen LogP contribution in [0.1, 0.15) is 47.2 Å². The minimum absolute atomic E-state index is 0.0611. The Morgan fingerprint density at radius 2 is 2.07 bits per heavy atom. The van der Waals surface area contributed by atoms with Crippen LogP contribution < -0.4 is 4.74 Å². The summed E-state index contributed by atoms with van der Waals surface area (Å²) in [5, 5.41) is 21.4. The summed E-state index contributed by atoms with van der Waals surface area (Å²) in [6.07, 6.45) is 2.08. The number of likely N-dealkylation sites (tertiary alicyclic amines) is 1. The van der Waals surface area contributed by atoms with Crippen molar-refractivity contribution < 1.29 is 24.5 Å². The third-order valence-corrected chi connectivity index (χ3v) is 5.64. The molecule has 8 nitrogen and oxygen atoms in total. The Labute approximate surface area is 176 Å². The molecule has 0 aliphatic carbocycles. The fourth-order valence-electron chi connectivity index (χ4n) is 3.75. The lowest BCUT2D eigenvalue weighted by Gasteiger charge is -2.38. The Balaban J connectivity index is 1.53. The van der Waals surface area contributed by atoms with Crippen molar-refractivity contribution in [3.05, 3.63) is 47.0 Å². The summed E-state index contributed by atoms with van der Waals surface area (Å²) in [6.45, 7) is 7.54. The zero-order valence-electron chi connectivity index (χ0n) is 17.9. The number of piperidine rings is 1. The highest BCUT2D eigenvalue weighted by Crippen LogP contribution is 2.31. The van der Waals surface area contributed by atoms with E-state index in [4.69, 9.17) is 9.47 Å². The molecule has 0 bridgehead atoms. The molecule has 3 heterocycles. The first-order valence-corrected chi connectivity index (χ1v) is 10.4. The number of pyridine rings is 1. The fourth-order valence-corrected chi connectivity index (χ4v) is 3.75. The van der Waals surface area contributed by atoms with E-state index in [0.717, 1.165) is 11.3 Å². The monoisotopic (exact) mass is 417 g/mol. The molecule has 164 valence electrons. The number of H-pyrrole nitrogens is 1. The molecule has 2 aromatic rings. The largest absolute Gasteiger partial charge is 0.488 e. The van der Waals surface area contributed by atoms with E-state index in [2.05, 4.69) is 14.9 Å². The summed E-state index contributed by atoms with van der Waals surface area (Å²) >= 11 is 0. The van der Waals surface area contributed by atoms with Gasteiger partial charge in [0, 0.05) is 37.1 Å². The van der Waals surface area contributed by atoms with Crippen molar-refractivity contribution in [2.24, 2.45) is 0 Å². The average molecular weight is 418 g/mol. The van der Waals surface area contributed by atoms with Crippen LogP contribution in [0.5, 0.6) is 5.75 Å². The molecule has 3 rings (SSSR count). The zero-order chi connectivity index (χ0) is 21.7. The van der Waals surface area contributed by atoms with Crippen molar-refractivity contribution in [3.63, 3.8) is 0 Å². The van der Waals surface area contributed by atoms with Crippen molar-refractivity contribution in [2.45, 2.75) is 45.3 Å². The summed E-state index contributed by atoms with van der Waals surface area (Å²) in [7, 11) is 0. The van der Waals surface area contributed by atoms with Gasteiger partial charge in [0.05, 0.1) is 12.3 Å². The molecule has 1 aliphatic heterocycles. The van der Waals surface area contributed by atoms with Gasteiger partial charge in [0.2, 0.25) is 0 Å². The summed E-state index contributed by atoms with van der Waals surface area (Å²) in [5.74, 6) is -0.0452. The maximum absolute atomic E-state index is 12.1. The van der Waals surface area contributed by atoms with Gasteiger partial charge in [0.25, 0.3) is 0 Å². The van der Waals surface area contributed by atoms with Crippen LogP contribution in [0.4, 0.5) is 0 Å². The van der Waals surface area contributed by atoms with Crippen LogP contribution in [-0.2, 0) is 10.3 Å². The van der Waals surface area contributed by atoms with E-state index in [0.29, 0.717) is 43.9 Å². The summed E-state index contributed by atoms with van der Waals surface area (Å²) in [6, 6.07) is 5.56. The van der Waals surface area contributed by atoms with Gasteiger partial charge in [-0.1, -0.05) is 6.07 Å². The third kappa shape index (κ3) is 5.00. The highest BCUT2D eigenvalue weighted by atomic mass is 16.5. The van der Waals surface area contributed by atoms with Crippen molar-refractivity contribution in [1.29, 1.82) is 0 Å². The van der Waals surface area contributed by atoms with Crippen LogP contribution in [0, 0.1) is 13.8 Å². The van der Waals surface area contributed by atoms with E-state index in [-0.39, 0.29) is 18.9 Å². The lowest BCUT2D eigenvalue weighted by atomic mass is 9.87. The molecule has 1 unspecified atom stereocenters. The number of aliphatic hydroxyl groups excluding tert-OH is 1. The molecule has 1 fully saturated rings. The number of nitrogens with one attached hydrogen (secondary N) is 1. The van der Waals surface area contributed by atoms with Gasteiger partial charge >= 0.3 is 5.97 Å². The van der Waals surface area contributed by atoms with Crippen LogP contribution in [0.25, 0.3) is 0 Å².